The molecule has 3 rings (SSSR count). The van der Waals surface area contributed by atoms with Crippen LogP contribution in [-0.2, 0) is 0 Å². The number of hydrogen-bond donors (Lipinski definition) is 1. The second kappa shape index (κ2) is 10.3. The van der Waals surface area contributed by atoms with E-state index in [1.165, 1.54) is 11.3 Å². The summed E-state index contributed by atoms with van der Waals surface area (Å²) in [5, 5.41) is 5.51. The van der Waals surface area contributed by atoms with Crippen LogP contribution in [0.3, 0.4) is 0 Å². The van der Waals surface area contributed by atoms with E-state index in [1.54, 1.807) is 26.7 Å². The summed E-state index contributed by atoms with van der Waals surface area (Å²) >= 11 is 1.41. The molecule has 0 fully saturated rings. The summed E-state index contributed by atoms with van der Waals surface area (Å²) < 4.78 is 15.9. The third kappa shape index (κ3) is 5.34. The number of ether oxygens (including phenoxy) is 3. The third-order valence-corrected chi connectivity index (χ3v) is 5.84. The van der Waals surface area contributed by atoms with Crippen molar-refractivity contribution in [2.75, 3.05) is 42.0 Å². The van der Waals surface area contributed by atoms with Crippen molar-refractivity contribution in [3.8, 4) is 27.8 Å². The average Bonchev–Trinajstić information content (AvgIpc) is 3.29. The van der Waals surface area contributed by atoms with Crippen LogP contribution in [0.2, 0.25) is 0 Å². The lowest BCUT2D eigenvalue weighted by Gasteiger charge is -2.25. The molecule has 31 heavy (non-hydrogen) atoms. The zero-order chi connectivity index (χ0) is 22.4. The van der Waals surface area contributed by atoms with Crippen molar-refractivity contribution in [3.05, 3.63) is 59.1 Å². The second-order valence-corrected chi connectivity index (χ2v) is 7.93. The van der Waals surface area contributed by atoms with Crippen LogP contribution in [0.5, 0.6) is 17.2 Å². The highest BCUT2D eigenvalue weighted by atomic mass is 32.1. The number of carbonyl (C=O) groups excluding carboxylic acids is 1. The Kier molecular flexibility index (Phi) is 7.49. The van der Waals surface area contributed by atoms with Crippen molar-refractivity contribution in [1.29, 1.82) is 0 Å². The number of carbonyl (C=O) groups is 1. The maximum atomic E-state index is 12.7. The molecule has 0 radical (unpaired) electrons. The van der Waals surface area contributed by atoms with Gasteiger partial charge < -0.3 is 24.4 Å². The molecule has 0 aliphatic rings. The molecule has 1 N–H and O–H groups in total. The second-order valence-electron chi connectivity index (χ2n) is 7.07. The smallest absolute Gasteiger partial charge is 0.270 e. The van der Waals surface area contributed by atoms with Crippen LogP contribution in [0, 0.1) is 0 Å². The summed E-state index contributed by atoms with van der Waals surface area (Å²) in [5.74, 6) is 1.86. The van der Waals surface area contributed by atoms with E-state index in [9.17, 15) is 4.79 Å². The maximum Gasteiger partial charge on any atom is 0.270 e. The number of rotatable bonds is 9. The molecule has 164 valence electrons. The maximum absolute atomic E-state index is 12.7. The van der Waals surface area contributed by atoms with Crippen LogP contribution >= 0.6 is 11.3 Å². The number of aromatic nitrogens is 1. The van der Waals surface area contributed by atoms with E-state index in [1.807, 2.05) is 56.6 Å². The molecule has 7 nitrogen and oxygen atoms in total. The van der Waals surface area contributed by atoms with Gasteiger partial charge in [-0.05, 0) is 50.0 Å². The quantitative estimate of drug-likeness (QED) is 0.544. The molecule has 1 amide bonds. The highest BCUT2D eigenvalue weighted by molar-refractivity contribution is 7.13. The molecule has 1 heterocycles. The molecule has 0 saturated heterocycles. The monoisotopic (exact) mass is 441 g/mol. The molecule has 1 aromatic heterocycles. The highest BCUT2D eigenvalue weighted by Gasteiger charge is 2.18. The molecule has 8 heteroatoms. The molecule has 0 bridgehead atoms. The lowest BCUT2D eigenvalue weighted by molar-refractivity contribution is 0.0937. The first-order valence-electron chi connectivity index (χ1n) is 9.73. The zero-order valence-electron chi connectivity index (χ0n) is 18.3. The number of methoxy groups -OCH3 is 3. The van der Waals surface area contributed by atoms with E-state index in [2.05, 4.69) is 15.2 Å². The van der Waals surface area contributed by atoms with E-state index in [0.717, 1.165) is 21.9 Å². The highest BCUT2D eigenvalue weighted by Crippen LogP contribution is 2.33. The van der Waals surface area contributed by atoms with Crippen molar-refractivity contribution in [3.63, 3.8) is 0 Å². The fraction of sp³-hybridized carbons (Fsp3) is 0.304. The molecule has 0 aliphatic heterocycles. The number of thiazole rings is 1. The van der Waals surface area contributed by atoms with Crippen molar-refractivity contribution in [1.82, 2.24) is 15.2 Å². The lowest BCUT2D eigenvalue weighted by Crippen LogP contribution is -2.34. The van der Waals surface area contributed by atoms with E-state index in [4.69, 9.17) is 14.2 Å². The summed E-state index contributed by atoms with van der Waals surface area (Å²) in [6, 6.07) is 13.5. The first-order valence-corrected chi connectivity index (χ1v) is 10.6. The largest absolute Gasteiger partial charge is 0.497 e. The van der Waals surface area contributed by atoms with Gasteiger partial charge >= 0.3 is 0 Å². The van der Waals surface area contributed by atoms with Gasteiger partial charge in [-0.15, -0.1) is 11.3 Å². The number of amides is 1. The Balaban J connectivity index is 1.70. The summed E-state index contributed by atoms with van der Waals surface area (Å²) in [6.45, 7) is 0.460. The Labute approximate surface area is 186 Å². The molecular formula is C23H27N3O4S. The minimum absolute atomic E-state index is 0.0267. The van der Waals surface area contributed by atoms with Crippen molar-refractivity contribution < 1.29 is 19.0 Å². The van der Waals surface area contributed by atoms with Crippen LogP contribution in [-0.4, -0.2) is 57.8 Å². The van der Waals surface area contributed by atoms with Crippen molar-refractivity contribution in [2.24, 2.45) is 0 Å². The predicted molar refractivity (Wildman–Crippen MR) is 122 cm³/mol. The summed E-state index contributed by atoms with van der Waals surface area (Å²) in [7, 11) is 8.80. The summed E-state index contributed by atoms with van der Waals surface area (Å²) in [4.78, 5) is 19.3. The van der Waals surface area contributed by atoms with Gasteiger partial charge in [-0.2, -0.15) is 0 Å². The summed E-state index contributed by atoms with van der Waals surface area (Å²) in [6.07, 6.45) is 0. The topological polar surface area (TPSA) is 72.9 Å². The Morgan fingerprint density at radius 1 is 1.03 bits per heavy atom. The van der Waals surface area contributed by atoms with Crippen LogP contribution < -0.4 is 19.5 Å². The zero-order valence-corrected chi connectivity index (χ0v) is 19.2. The van der Waals surface area contributed by atoms with Crippen LogP contribution in [0.15, 0.2) is 47.8 Å². The Bertz CT molecular complexity index is 1020. The molecule has 0 spiro atoms. The van der Waals surface area contributed by atoms with Gasteiger partial charge in [0.25, 0.3) is 5.91 Å². The van der Waals surface area contributed by atoms with Crippen molar-refractivity contribution in [2.45, 2.75) is 6.04 Å². The number of nitrogens with one attached hydrogen (secondary N) is 1. The molecule has 3 aromatic rings. The SMILES string of the molecule is COc1ccc([C@H](CNC(=O)c2csc(-c3ccc(OC)c(OC)c3)n2)N(C)C)cc1. The van der Waals surface area contributed by atoms with Gasteiger partial charge in [-0.1, -0.05) is 12.1 Å². The van der Waals surface area contributed by atoms with E-state index >= 15 is 0 Å². The van der Waals surface area contributed by atoms with E-state index in [0.29, 0.717) is 23.7 Å². The van der Waals surface area contributed by atoms with Gasteiger partial charge in [0.2, 0.25) is 0 Å². The van der Waals surface area contributed by atoms with Gasteiger partial charge in [0.15, 0.2) is 11.5 Å². The summed E-state index contributed by atoms with van der Waals surface area (Å²) in [5.41, 5.74) is 2.35. The minimum atomic E-state index is -0.205. The van der Waals surface area contributed by atoms with Gasteiger partial charge in [0, 0.05) is 17.5 Å². The lowest BCUT2D eigenvalue weighted by atomic mass is 10.1. The first-order chi connectivity index (χ1) is 15.0. The van der Waals surface area contributed by atoms with Crippen molar-refractivity contribution >= 4 is 17.2 Å². The number of likely N-dealkylation sites (N-methyl/N-ethyl adjacent to an activating group) is 1. The Hall–Kier alpha value is -3.10. The Morgan fingerprint density at radius 2 is 1.74 bits per heavy atom. The van der Waals surface area contributed by atoms with Gasteiger partial charge in [-0.3, -0.25) is 4.79 Å². The average molecular weight is 442 g/mol. The van der Waals surface area contributed by atoms with Crippen LogP contribution in [0.4, 0.5) is 0 Å². The first kappa shape index (κ1) is 22.6. The molecule has 0 unspecified atom stereocenters. The molecule has 0 aliphatic carbocycles. The van der Waals surface area contributed by atoms with E-state index in [-0.39, 0.29) is 11.9 Å². The molecular weight excluding hydrogens is 414 g/mol. The number of benzene rings is 2. The van der Waals surface area contributed by atoms with Gasteiger partial charge in [0.1, 0.15) is 16.5 Å². The molecule has 0 saturated carbocycles. The standard InChI is InChI=1S/C23H27N3O4S/c1-26(2)19(15-6-9-17(28-3)10-7-15)13-24-22(27)18-14-31-23(25-18)16-8-11-20(29-4)21(12-16)30-5/h6-12,14,19H,13H2,1-5H3,(H,24,27)/t19-/m0/s1. The van der Waals surface area contributed by atoms with Crippen LogP contribution in [0.25, 0.3) is 10.6 Å². The molecule has 2 aromatic carbocycles. The third-order valence-electron chi connectivity index (χ3n) is 4.95. The Morgan fingerprint density at radius 3 is 2.35 bits per heavy atom. The normalized spacial score (nSPS) is 11.8. The van der Waals surface area contributed by atoms with Crippen LogP contribution in [0.1, 0.15) is 22.1 Å². The van der Waals surface area contributed by atoms with E-state index < -0.39 is 0 Å². The fourth-order valence-electron chi connectivity index (χ4n) is 3.18. The van der Waals surface area contributed by atoms with Gasteiger partial charge in [0.05, 0.1) is 27.4 Å². The number of nitrogens with zero attached hydrogens (tertiary/aromatic N) is 2. The van der Waals surface area contributed by atoms with Gasteiger partial charge in [-0.25, -0.2) is 4.98 Å². The molecule has 1 atom stereocenters. The predicted octanol–water partition coefficient (Wildman–Crippen LogP) is 3.87. The minimum Gasteiger partial charge on any atom is -0.497 e. The fourth-order valence-corrected chi connectivity index (χ4v) is 3.98. The number of hydrogen-bond acceptors (Lipinski definition) is 7.